The average molecular weight is 281 g/mol. The minimum Gasteiger partial charge on any atom is -0.451 e. The molecule has 2 rings (SSSR count). The van der Waals surface area contributed by atoms with Crippen molar-refractivity contribution in [2.24, 2.45) is 0 Å². The van der Waals surface area contributed by atoms with Crippen molar-refractivity contribution in [3.8, 4) is 11.5 Å². The van der Waals surface area contributed by atoms with Gasteiger partial charge in [0.05, 0.1) is 0 Å². The van der Waals surface area contributed by atoms with Crippen LogP contribution >= 0.6 is 0 Å². The summed E-state index contributed by atoms with van der Waals surface area (Å²) < 4.78 is 45.4. The van der Waals surface area contributed by atoms with Crippen LogP contribution in [0.2, 0.25) is 0 Å². The van der Waals surface area contributed by atoms with Gasteiger partial charge in [0.15, 0.2) is 23.1 Å². The molecular weight excluding hydrogens is 267 g/mol. The molecule has 2 aromatic rings. The molecule has 0 aliphatic carbocycles. The van der Waals surface area contributed by atoms with Crippen LogP contribution in [0.25, 0.3) is 0 Å². The fourth-order valence-corrected chi connectivity index (χ4v) is 1.71. The van der Waals surface area contributed by atoms with E-state index in [0.29, 0.717) is 0 Å². The van der Waals surface area contributed by atoms with Gasteiger partial charge < -0.3 is 10.1 Å². The molecule has 2 aromatic carbocycles. The van der Waals surface area contributed by atoms with E-state index in [1.165, 1.54) is 12.1 Å². The molecule has 2 nitrogen and oxygen atoms in total. The van der Waals surface area contributed by atoms with E-state index in [4.69, 9.17) is 4.74 Å². The highest BCUT2D eigenvalue weighted by molar-refractivity contribution is 5.36. The van der Waals surface area contributed by atoms with Crippen LogP contribution in [-0.2, 0) is 0 Å². The van der Waals surface area contributed by atoms with Crippen molar-refractivity contribution in [1.82, 2.24) is 5.32 Å². The molecule has 1 N–H and O–H groups in total. The van der Waals surface area contributed by atoms with Gasteiger partial charge in [-0.3, -0.25) is 0 Å². The van der Waals surface area contributed by atoms with E-state index in [1.807, 2.05) is 6.92 Å². The Hall–Kier alpha value is -2.01. The largest absolute Gasteiger partial charge is 0.451 e. The predicted octanol–water partition coefficient (Wildman–Crippen LogP) is 4.18. The minimum atomic E-state index is -0.751. The van der Waals surface area contributed by atoms with Crippen molar-refractivity contribution in [3.63, 3.8) is 0 Å². The summed E-state index contributed by atoms with van der Waals surface area (Å²) in [5.41, 5.74) is 0.733. The zero-order valence-corrected chi connectivity index (χ0v) is 11.1. The highest BCUT2D eigenvalue weighted by atomic mass is 19.1. The van der Waals surface area contributed by atoms with Crippen LogP contribution in [-0.4, -0.2) is 7.05 Å². The second-order valence-electron chi connectivity index (χ2n) is 4.38. The number of nitrogens with one attached hydrogen (secondary N) is 1. The first-order chi connectivity index (χ1) is 9.51. The fraction of sp³-hybridized carbons (Fsp3) is 0.200. The Balaban J connectivity index is 2.28. The maximum atomic E-state index is 13.9. The van der Waals surface area contributed by atoms with Crippen LogP contribution < -0.4 is 10.1 Å². The maximum absolute atomic E-state index is 13.9. The summed E-state index contributed by atoms with van der Waals surface area (Å²) in [5.74, 6) is -2.53. The smallest absolute Gasteiger partial charge is 0.166 e. The molecule has 106 valence electrons. The SMILES string of the molecule is CNC(C)c1ccc(Oc2cc(F)ccc2F)c(F)c1. The van der Waals surface area contributed by atoms with Crippen molar-refractivity contribution in [2.75, 3.05) is 7.05 Å². The minimum absolute atomic E-state index is 0.0237. The Morgan fingerprint density at radius 2 is 1.70 bits per heavy atom. The third kappa shape index (κ3) is 3.11. The summed E-state index contributed by atoms with van der Waals surface area (Å²) in [5, 5.41) is 2.98. The highest BCUT2D eigenvalue weighted by Crippen LogP contribution is 2.29. The van der Waals surface area contributed by atoms with Gasteiger partial charge in [0.2, 0.25) is 0 Å². The quantitative estimate of drug-likeness (QED) is 0.908. The molecule has 1 unspecified atom stereocenters. The van der Waals surface area contributed by atoms with Gasteiger partial charge in [0.1, 0.15) is 5.82 Å². The number of ether oxygens (including phenoxy) is 1. The van der Waals surface area contributed by atoms with Crippen LogP contribution in [0.15, 0.2) is 36.4 Å². The Kier molecular flexibility index (Phi) is 4.29. The van der Waals surface area contributed by atoms with Crippen LogP contribution in [0.5, 0.6) is 11.5 Å². The van der Waals surface area contributed by atoms with Crippen molar-refractivity contribution >= 4 is 0 Å². The summed E-state index contributed by atoms with van der Waals surface area (Å²) in [6.07, 6.45) is 0. The summed E-state index contributed by atoms with van der Waals surface area (Å²) in [4.78, 5) is 0. The normalized spacial score (nSPS) is 12.2. The lowest BCUT2D eigenvalue weighted by molar-refractivity contribution is 0.409. The standard InChI is InChI=1S/C15H14F3NO/c1-9(19-2)10-3-6-14(13(18)7-10)20-15-8-11(16)4-5-12(15)17/h3-9,19H,1-2H3. The van der Waals surface area contributed by atoms with Crippen LogP contribution in [0.1, 0.15) is 18.5 Å². The molecule has 0 amide bonds. The van der Waals surface area contributed by atoms with Gasteiger partial charge in [-0.25, -0.2) is 13.2 Å². The van der Waals surface area contributed by atoms with Crippen molar-refractivity contribution < 1.29 is 17.9 Å². The average Bonchev–Trinajstić information content (AvgIpc) is 2.44. The Morgan fingerprint density at radius 1 is 0.950 bits per heavy atom. The molecule has 0 fully saturated rings. The molecule has 0 radical (unpaired) electrons. The lowest BCUT2D eigenvalue weighted by Crippen LogP contribution is -2.12. The van der Waals surface area contributed by atoms with Gasteiger partial charge in [-0.05, 0) is 43.8 Å². The molecule has 0 aromatic heterocycles. The van der Waals surface area contributed by atoms with Gasteiger partial charge in [-0.15, -0.1) is 0 Å². The maximum Gasteiger partial charge on any atom is 0.166 e. The van der Waals surface area contributed by atoms with Gasteiger partial charge >= 0.3 is 0 Å². The topological polar surface area (TPSA) is 21.3 Å². The second kappa shape index (κ2) is 5.96. The highest BCUT2D eigenvalue weighted by Gasteiger charge is 2.12. The lowest BCUT2D eigenvalue weighted by atomic mass is 10.1. The van der Waals surface area contributed by atoms with E-state index < -0.39 is 17.5 Å². The summed E-state index contributed by atoms with van der Waals surface area (Å²) in [6.45, 7) is 1.88. The molecule has 20 heavy (non-hydrogen) atoms. The molecule has 0 saturated carbocycles. The Labute approximate surface area is 115 Å². The molecule has 0 heterocycles. The summed E-state index contributed by atoms with van der Waals surface area (Å²) in [7, 11) is 1.76. The Morgan fingerprint density at radius 3 is 2.35 bits per heavy atom. The molecule has 5 heteroatoms. The predicted molar refractivity (Wildman–Crippen MR) is 70.3 cm³/mol. The third-order valence-corrected chi connectivity index (χ3v) is 3.00. The molecule has 0 aliphatic rings. The summed E-state index contributed by atoms with van der Waals surface area (Å²) in [6, 6.07) is 7.10. The van der Waals surface area contributed by atoms with E-state index >= 15 is 0 Å². The number of hydrogen-bond donors (Lipinski definition) is 1. The first-order valence-electron chi connectivity index (χ1n) is 6.11. The number of benzene rings is 2. The molecule has 0 spiro atoms. The zero-order chi connectivity index (χ0) is 14.7. The van der Waals surface area contributed by atoms with Crippen molar-refractivity contribution in [1.29, 1.82) is 0 Å². The lowest BCUT2D eigenvalue weighted by Gasteiger charge is -2.13. The first kappa shape index (κ1) is 14.4. The number of hydrogen-bond acceptors (Lipinski definition) is 2. The van der Waals surface area contributed by atoms with Gasteiger partial charge in [0, 0.05) is 12.1 Å². The van der Waals surface area contributed by atoms with Crippen LogP contribution in [0, 0.1) is 17.5 Å². The molecule has 0 aliphatic heterocycles. The van der Waals surface area contributed by atoms with E-state index in [2.05, 4.69) is 5.32 Å². The number of halogens is 3. The van der Waals surface area contributed by atoms with E-state index in [1.54, 1.807) is 13.1 Å². The fourth-order valence-electron chi connectivity index (χ4n) is 1.71. The summed E-state index contributed by atoms with van der Waals surface area (Å²) >= 11 is 0. The molecular formula is C15H14F3NO. The van der Waals surface area contributed by atoms with Gasteiger partial charge in [-0.2, -0.15) is 0 Å². The van der Waals surface area contributed by atoms with E-state index in [-0.39, 0.29) is 17.5 Å². The second-order valence-corrected chi connectivity index (χ2v) is 4.38. The molecule has 1 atom stereocenters. The zero-order valence-electron chi connectivity index (χ0n) is 11.1. The monoisotopic (exact) mass is 281 g/mol. The number of rotatable bonds is 4. The third-order valence-electron chi connectivity index (χ3n) is 3.00. The van der Waals surface area contributed by atoms with Crippen molar-refractivity contribution in [3.05, 3.63) is 59.4 Å². The first-order valence-corrected chi connectivity index (χ1v) is 6.11. The van der Waals surface area contributed by atoms with E-state index in [9.17, 15) is 13.2 Å². The molecule has 0 bridgehead atoms. The van der Waals surface area contributed by atoms with E-state index in [0.717, 1.165) is 23.8 Å². The van der Waals surface area contributed by atoms with Crippen LogP contribution in [0.3, 0.4) is 0 Å². The van der Waals surface area contributed by atoms with Crippen LogP contribution in [0.4, 0.5) is 13.2 Å². The Bertz CT molecular complexity index is 616. The van der Waals surface area contributed by atoms with Gasteiger partial charge in [0.25, 0.3) is 0 Å². The molecule has 0 saturated heterocycles. The van der Waals surface area contributed by atoms with Crippen molar-refractivity contribution in [2.45, 2.75) is 13.0 Å². The van der Waals surface area contributed by atoms with Gasteiger partial charge in [-0.1, -0.05) is 6.07 Å².